The zero-order valence-corrected chi connectivity index (χ0v) is 12.5. The molecule has 0 bridgehead atoms. The van der Waals surface area contributed by atoms with Gasteiger partial charge in [0.15, 0.2) is 0 Å². The van der Waals surface area contributed by atoms with Crippen LogP contribution in [0, 0.1) is 0 Å². The van der Waals surface area contributed by atoms with E-state index < -0.39 is 0 Å². The zero-order valence-electron chi connectivity index (χ0n) is 11.7. The van der Waals surface area contributed by atoms with Crippen molar-refractivity contribution < 1.29 is 0 Å². The molecule has 1 N–H and O–H groups in total. The standard InChI is InChI=1S/C14H20N4S/c1-4-11-5-12-13(16-8-17-14(12)19-11)18-7-9(2)15-6-10(18)3/h5,8-10,15H,4,6-7H2,1-3H3. The molecule has 2 atom stereocenters. The number of rotatable bonds is 2. The van der Waals surface area contributed by atoms with Crippen LogP contribution in [0.3, 0.4) is 0 Å². The van der Waals surface area contributed by atoms with Crippen LogP contribution >= 0.6 is 11.3 Å². The summed E-state index contributed by atoms with van der Waals surface area (Å²) in [6.07, 6.45) is 2.76. The summed E-state index contributed by atoms with van der Waals surface area (Å²) in [7, 11) is 0. The number of hydrogen-bond acceptors (Lipinski definition) is 5. The molecule has 3 rings (SSSR count). The molecule has 2 unspecified atom stereocenters. The summed E-state index contributed by atoms with van der Waals surface area (Å²) >= 11 is 1.78. The fourth-order valence-electron chi connectivity index (χ4n) is 2.61. The summed E-state index contributed by atoms with van der Waals surface area (Å²) < 4.78 is 0. The van der Waals surface area contributed by atoms with E-state index in [1.807, 2.05) is 0 Å². The first kappa shape index (κ1) is 12.8. The van der Waals surface area contributed by atoms with Crippen LogP contribution in [0.4, 0.5) is 5.82 Å². The summed E-state index contributed by atoms with van der Waals surface area (Å²) in [5.41, 5.74) is 0. The maximum absolute atomic E-state index is 4.56. The van der Waals surface area contributed by atoms with E-state index in [4.69, 9.17) is 0 Å². The number of piperazine rings is 1. The van der Waals surface area contributed by atoms with Crippen LogP contribution in [0.5, 0.6) is 0 Å². The molecule has 4 nitrogen and oxygen atoms in total. The first-order chi connectivity index (χ1) is 9.19. The van der Waals surface area contributed by atoms with Crippen molar-refractivity contribution in [3.8, 4) is 0 Å². The van der Waals surface area contributed by atoms with Crippen LogP contribution < -0.4 is 10.2 Å². The molecule has 19 heavy (non-hydrogen) atoms. The molecule has 5 heteroatoms. The number of nitrogens with zero attached hydrogens (tertiary/aromatic N) is 3. The Hall–Kier alpha value is -1.20. The monoisotopic (exact) mass is 276 g/mol. The molecular weight excluding hydrogens is 256 g/mol. The summed E-state index contributed by atoms with van der Waals surface area (Å²) in [6, 6.07) is 3.24. The first-order valence-electron chi connectivity index (χ1n) is 6.92. The predicted octanol–water partition coefficient (Wildman–Crippen LogP) is 2.44. The van der Waals surface area contributed by atoms with Crippen molar-refractivity contribution in [2.45, 2.75) is 39.3 Å². The van der Waals surface area contributed by atoms with E-state index in [0.717, 1.165) is 30.2 Å². The lowest BCUT2D eigenvalue weighted by Crippen LogP contribution is -2.54. The molecule has 0 saturated carbocycles. The van der Waals surface area contributed by atoms with Crippen molar-refractivity contribution >= 4 is 27.4 Å². The number of nitrogens with one attached hydrogen (secondary N) is 1. The van der Waals surface area contributed by atoms with E-state index in [9.17, 15) is 0 Å². The van der Waals surface area contributed by atoms with Gasteiger partial charge in [0.05, 0.1) is 5.39 Å². The van der Waals surface area contributed by atoms with Crippen LogP contribution in [-0.2, 0) is 6.42 Å². The van der Waals surface area contributed by atoms with E-state index in [1.165, 1.54) is 10.3 Å². The second-order valence-electron chi connectivity index (χ2n) is 5.29. The second-order valence-corrected chi connectivity index (χ2v) is 6.41. The highest BCUT2D eigenvalue weighted by atomic mass is 32.1. The lowest BCUT2D eigenvalue weighted by molar-refractivity contribution is 0.423. The highest BCUT2D eigenvalue weighted by Crippen LogP contribution is 2.31. The Morgan fingerprint density at radius 3 is 3.05 bits per heavy atom. The third-order valence-electron chi connectivity index (χ3n) is 3.74. The summed E-state index contributed by atoms with van der Waals surface area (Å²) in [5.74, 6) is 1.10. The minimum atomic E-state index is 0.472. The fraction of sp³-hybridized carbons (Fsp3) is 0.571. The van der Waals surface area contributed by atoms with Crippen molar-refractivity contribution in [3.05, 3.63) is 17.3 Å². The highest BCUT2D eigenvalue weighted by molar-refractivity contribution is 7.18. The highest BCUT2D eigenvalue weighted by Gasteiger charge is 2.25. The average Bonchev–Trinajstić information content (AvgIpc) is 2.84. The second kappa shape index (κ2) is 5.06. The average molecular weight is 276 g/mol. The van der Waals surface area contributed by atoms with Gasteiger partial charge in [0, 0.05) is 30.1 Å². The van der Waals surface area contributed by atoms with Gasteiger partial charge in [-0.25, -0.2) is 9.97 Å². The van der Waals surface area contributed by atoms with E-state index in [0.29, 0.717) is 12.1 Å². The Balaban J connectivity index is 2.05. The molecule has 0 aromatic carbocycles. The lowest BCUT2D eigenvalue weighted by atomic mass is 10.1. The number of aryl methyl sites for hydroxylation is 1. The fourth-order valence-corrected chi connectivity index (χ4v) is 3.54. The van der Waals surface area contributed by atoms with Crippen molar-refractivity contribution in [1.29, 1.82) is 0 Å². The molecular formula is C14H20N4S. The summed E-state index contributed by atoms with van der Waals surface area (Å²) in [4.78, 5) is 13.9. The molecule has 2 aromatic heterocycles. The molecule has 1 aliphatic rings. The molecule has 3 heterocycles. The Morgan fingerprint density at radius 1 is 1.42 bits per heavy atom. The van der Waals surface area contributed by atoms with Crippen molar-refractivity contribution in [3.63, 3.8) is 0 Å². The van der Waals surface area contributed by atoms with Gasteiger partial charge in [-0.2, -0.15) is 0 Å². The minimum absolute atomic E-state index is 0.472. The maximum atomic E-state index is 4.56. The lowest BCUT2D eigenvalue weighted by Gasteiger charge is -2.38. The molecule has 0 aliphatic carbocycles. The van der Waals surface area contributed by atoms with Gasteiger partial charge in [-0.1, -0.05) is 6.92 Å². The Labute approximate surface area is 117 Å². The Bertz CT molecular complexity index is 580. The van der Waals surface area contributed by atoms with Gasteiger partial charge >= 0.3 is 0 Å². The van der Waals surface area contributed by atoms with Gasteiger partial charge in [-0.15, -0.1) is 11.3 Å². The first-order valence-corrected chi connectivity index (χ1v) is 7.74. The molecule has 0 spiro atoms. The van der Waals surface area contributed by atoms with Crippen LogP contribution in [0.2, 0.25) is 0 Å². The summed E-state index contributed by atoms with van der Waals surface area (Å²) in [6.45, 7) is 8.68. The molecule has 1 saturated heterocycles. The van der Waals surface area contributed by atoms with Crippen LogP contribution in [0.25, 0.3) is 10.2 Å². The normalized spacial score (nSPS) is 24.1. The van der Waals surface area contributed by atoms with Crippen molar-refractivity contribution in [1.82, 2.24) is 15.3 Å². The van der Waals surface area contributed by atoms with E-state index in [-0.39, 0.29) is 0 Å². The van der Waals surface area contributed by atoms with Crippen LogP contribution in [0.15, 0.2) is 12.4 Å². The minimum Gasteiger partial charge on any atom is -0.350 e. The van der Waals surface area contributed by atoms with Gasteiger partial charge in [-0.05, 0) is 26.3 Å². The number of thiophene rings is 1. The molecule has 0 amide bonds. The smallest absolute Gasteiger partial charge is 0.141 e. The van der Waals surface area contributed by atoms with Crippen LogP contribution in [-0.4, -0.2) is 35.1 Å². The largest absolute Gasteiger partial charge is 0.350 e. The topological polar surface area (TPSA) is 41.0 Å². The maximum Gasteiger partial charge on any atom is 0.141 e. The Morgan fingerprint density at radius 2 is 2.26 bits per heavy atom. The predicted molar refractivity (Wildman–Crippen MR) is 81.1 cm³/mol. The quantitative estimate of drug-likeness (QED) is 0.914. The van der Waals surface area contributed by atoms with Gasteiger partial charge in [0.1, 0.15) is 17.0 Å². The number of aromatic nitrogens is 2. The van der Waals surface area contributed by atoms with E-state index in [2.05, 4.69) is 47.0 Å². The van der Waals surface area contributed by atoms with E-state index >= 15 is 0 Å². The van der Waals surface area contributed by atoms with Gasteiger partial charge in [0.25, 0.3) is 0 Å². The summed E-state index contributed by atoms with van der Waals surface area (Å²) in [5, 5.41) is 4.73. The van der Waals surface area contributed by atoms with E-state index in [1.54, 1.807) is 17.7 Å². The number of anilines is 1. The molecule has 1 fully saturated rings. The molecule has 2 aromatic rings. The third-order valence-corrected chi connectivity index (χ3v) is 4.93. The SMILES string of the molecule is CCc1cc2c(N3CC(C)NCC3C)ncnc2s1. The van der Waals surface area contributed by atoms with Gasteiger partial charge < -0.3 is 10.2 Å². The molecule has 0 radical (unpaired) electrons. The number of hydrogen-bond donors (Lipinski definition) is 1. The zero-order chi connectivity index (χ0) is 13.4. The van der Waals surface area contributed by atoms with Gasteiger partial charge in [-0.3, -0.25) is 0 Å². The van der Waals surface area contributed by atoms with Crippen molar-refractivity contribution in [2.75, 3.05) is 18.0 Å². The molecule has 102 valence electrons. The molecule has 1 aliphatic heterocycles. The Kier molecular flexibility index (Phi) is 3.41. The van der Waals surface area contributed by atoms with Crippen LogP contribution in [0.1, 0.15) is 25.6 Å². The van der Waals surface area contributed by atoms with Gasteiger partial charge in [0.2, 0.25) is 0 Å². The van der Waals surface area contributed by atoms with Crippen molar-refractivity contribution in [2.24, 2.45) is 0 Å². The third kappa shape index (κ3) is 2.32. The number of fused-ring (bicyclic) bond motifs is 1.